The summed E-state index contributed by atoms with van der Waals surface area (Å²) < 4.78 is 11.9. The van der Waals surface area contributed by atoms with E-state index in [9.17, 15) is 4.79 Å². The van der Waals surface area contributed by atoms with Crippen molar-refractivity contribution in [1.29, 1.82) is 0 Å². The van der Waals surface area contributed by atoms with Gasteiger partial charge < -0.3 is 19.3 Å². The third-order valence-corrected chi connectivity index (χ3v) is 6.17. The number of ether oxygens (including phenoxy) is 2. The Bertz CT molecular complexity index is 819. The van der Waals surface area contributed by atoms with Gasteiger partial charge in [-0.1, -0.05) is 23.2 Å². The number of nitrogens with one attached hydrogen (secondary N) is 1. The molecular formula is C18H19Cl2N2O3S+. The number of thiophene rings is 1. The van der Waals surface area contributed by atoms with Crippen LogP contribution in [0.25, 0.3) is 0 Å². The van der Waals surface area contributed by atoms with E-state index in [1.165, 1.54) is 9.78 Å². The fraction of sp³-hybridized carbons (Fsp3) is 0.389. The number of piperazine rings is 1. The largest absolute Gasteiger partial charge is 0.486 e. The summed E-state index contributed by atoms with van der Waals surface area (Å²) in [5.41, 5.74) is 0.549. The summed E-state index contributed by atoms with van der Waals surface area (Å²) in [7, 11) is 0. The summed E-state index contributed by atoms with van der Waals surface area (Å²) >= 11 is 13.9. The van der Waals surface area contributed by atoms with Crippen LogP contribution in [0.1, 0.15) is 15.2 Å². The third-order valence-electron chi connectivity index (χ3n) is 4.65. The molecule has 0 radical (unpaired) electrons. The van der Waals surface area contributed by atoms with Gasteiger partial charge in [-0.25, -0.2) is 0 Å². The molecule has 0 aliphatic carbocycles. The summed E-state index contributed by atoms with van der Waals surface area (Å²) in [6.07, 6.45) is 0. The van der Waals surface area contributed by atoms with Gasteiger partial charge in [0, 0.05) is 5.56 Å². The van der Waals surface area contributed by atoms with Crippen molar-refractivity contribution in [3.8, 4) is 11.5 Å². The Hall–Kier alpha value is -1.47. The number of nitrogens with zero attached hydrogens (tertiary/aromatic N) is 1. The average Bonchev–Trinajstić information content (AvgIpc) is 3.06. The van der Waals surface area contributed by atoms with E-state index in [0.29, 0.717) is 35.3 Å². The first-order valence-electron chi connectivity index (χ1n) is 8.56. The molecule has 1 fully saturated rings. The van der Waals surface area contributed by atoms with E-state index < -0.39 is 0 Å². The van der Waals surface area contributed by atoms with Gasteiger partial charge in [0.15, 0.2) is 11.5 Å². The van der Waals surface area contributed by atoms with Crippen molar-refractivity contribution < 1.29 is 19.2 Å². The lowest BCUT2D eigenvalue weighted by Crippen LogP contribution is -3.13. The standard InChI is InChI=1S/C18H18Cl2N2O3S/c19-14-9-12(10-15-17(14)25-8-7-24-15)18(23)22-5-3-21(4-6-22)11-13-1-2-16(20)26-13/h1-2,9-10H,3-8,11H2/p+1. The normalized spacial score (nSPS) is 17.4. The Labute approximate surface area is 166 Å². The summed E-state index contributed by atoms with van der Waals surface area (Å²) in [5.74, 6) is 1.06. The molecule has 26 heavy (non-hydrogen) atoms. The SMILES string of the molecule is O=C(c1cc(Cl)c2c(c1)OCCO2)N1CC[NH+](Cc2ccc(Cl)s2)CC1. The molecule has 2 aliphatic heterocycles. The maximum absolute atomic E-state index is 12.9. The van der Waals surface area contributed by atoms with Gasteiger partial charge in [0.1, 0.15) is 19.8 Å². The van der Waals surface area contributed by atoms with Crippen molar-refractivity contribution in [1.82, 2.24) is 4.90 Å². The van der Waals surface area contributed by atoms with Gasteiger partial charge in [-0.05, 0) is 24.3 Å². The maximum Gasteiger partial charge on any atom is 0.254 e. The van der Waals surface area contributed by atoms with Crippen LogP contribution in [0.15, 0.2) is 24.3 Å². The van der Waals surface area contributed by atoms with Crippen LogP contribution in [0.2, 0.25) is 9.36 Å². The minimum atomic E-state index is -0.0120. The van der Waals surface area contributed by atoms with E-state index >= 15 is 0 Å². The van der Waals surface area contributed by atoms with Crippen LogP contribution in [-0.2, 0) is 6.54 Å². The van der Waals surface area contributed by atoms with E-state index in [1.807, 2.05) is 11.0 Å². The Morgan fingerprint density at radius 3 is 2.65 bits per heavy atom. The molecule has 8 heteroatoms. The number of hydrogen-bond donors (Lipinski definition) is 1. The first-order valence-corrected chi connectivity index (χ1v) is 10.1. The predicted molar refractivity (Wildman–Crippen MR) is 102 cm³/mol. The quantitative estimate of drug-likeness (QED) is 0.839. The first kappa shape index (κ1) is 17.9. The summed E-state index contributed by atoms with van der Waals surface area (Å²) in [6.45, 7) is 5.17. The third kappa shape index (κ3) is 3.78. The molecule has 1 saturated heterocycles. The second kappa shape index (κ2) is 7.64. The Morgan fingerprint density at radius 1 is 1.15 bits per heavy atom. The van der Waals surface area contributed by atoms with Crippen molar-refractivity contribution in [2.45, 2.75) is 6.54 Å². The van der Waals surface area contributed by atoms with Crippen LogP contribution < -0.4 is 14.4 Å². The van der Waals surface area contributed by atoms with Crippen LogP contribution in [0.5, 0.6) is 11.5 Å². The van der Waals surface area contributed by atoms with Crippen LogP contribution >= 0.6 is 34.5 Å². The highest BCUT2D eigenvalue weighted by molar-refractivity contribution is 7.16. The molecule has 0 unspecified atom stereocenters. The average molecular weight is 414 g/mol. The number of benzene rings is 1. The number of amides is 1. The van der Waals surface area contributed by atoms with E-state index in [-0.39, 0.29) is 5.91 Å². The maximum atomic E-state index is 12.9. The minimum Gasteiger partial charge on any atom is -0.486 e. The number of halogens is 2. The smallest absolute Gasteiger partial charge is 0.254 e. The van der Waals surface area contributed by atoms with Gasteiger partial charge in [-0.15, -0.1) is 11.3 Å². The predicted octanol–water partition coefficient (Wildman–Crippen LogP) is 2.37. The Balaban J connectivity index is 1.40. The van der Waals surface area contributed by atoms with Crippen molar-refractivity contribution in [3.63, 3.8) is 0 Å². The topological polar surface area (TPSA) is 43.2 Å². The molecule has 0 saturated carbocycles. The Morgan fingerprint density at radius 2 is 1.92 bits per heavy atom. The van der Waals surface area contributed by atoms with E-state index in [1.54, 1.807) is 23.5 Å². The van der Waals surface area contributed by atoms with Gasteiger partial charge in [-0.3, -0.25) is 4.79 Å². The van der Waals surface area contributed by atoms with E-state index in [0.717, 1.165) is 37.1 Å². The lowest BCUT2D eigenvalue weighted by Gasteiger charge is -2.32. The van der Waals surface area contributed by atoms with Gasteiger partial charge in [0.05, 0.1) is 40.4 Å². The number of rotatable bonds is 3. The summed E-state index contributed by atoms with van der Waals surface area (Å²) in [4.78, 5) is 17.5. The second-order valence-corrected chi connectivity index (χ2v) is 8.61. The molecule has 0 bridgehead atoms. The van der Waals surface area contributed by atoms with Crippen molar-refractivity contribution in [2.75, 3.05) is 39.4 Å². The molecule has 1 N–H and O–H groups in total. The summed E-state index contributed by atoms with van der Waals surface area (Å²) in [5, 5.41) is 0.421. The zero-order valence-electron chi connectivity index (χ0n) is 14.1. The van der Waals surface area contributed by atoms with Gasteiger partial charge in [0.25, 0.3) is 5.91 Å². The molecule has 0 atom stereocenters. The first-order chi connectivity index (χ1) is 12.6. The van der Waals surface area contributed by atoms with Gasteiger partial charge in [0.2, 0.25) is 0 Å². The molecule has 5 nitrogen and oxygen atoms in total. The highest BCUT2D eigenvalue weighted by atomic mass is 35.5. The van der Waals surface area contributed by atoms with Crippen molar-refractivity contribution in [3.05, 3.63) is 44.1 Å². The molecule has 3 heterocycles. The molecule has 4 rings (SSSR count). The molecule has 2 aromatic rings. The molecule has 0 spiro atoms. The highest BCUT2D eigenvalue weighted by Crippen LogP contribution is 2.38. The van der Waals surface area contributed by atoms with E-state index in [2.05, 4.69) is 6.07 Å². The lowest BCUT2D eigenvalue weighted by molar-refractivity contribution is -0.917. The van der Waals surface area contributed by atoms with Crippen molar-refractivity contribution >= 4 is 40.4 Å². The molecule has 1 aromatic heterocycles. The van der Waals surface area contributed by atoms with Gasteiger partial charge >= 0.3 is 0 Å². The zero-order valence-corrected chi connectivity index (χ0v) is 16.4. The summed E-state index contributed by atoms with van der Waals surface area (Å²) in [6, 6.07) is 7.42. The zero-order chi connectivity index (χ0) is 18.1. The lowest BCUT2D eigenvalue weighted by atomic mass is 10.1. The van der Waals surface area contributed by atoms with Gasteiger partial charge in [-0.2, -0.15) is 0 Å². The monoisotopic (exact) mass is 413 g/mol. The molecule has 1 amide bonds. The highest BCUT2D eigenvalue weighted by Gasteiger charge is 2.27. The van der Waals surface area contributed by atoms with Crippen molar-refractivity contribution in [2.24, 2.45) is 0 Å². The fourth-order valence-corrected chi connectivity index (χ4v) is 4.74. The molecule has 1 aromatic carbocycles. The van der Waals surface area contributed by atoms with Crippen LogP contribution in [0.4, 0.5) is 0 Å². The van der Waals surface area contributed by atoms with Crippen LogP contribution in [0.3, 0.4) is 0 Å². The number of quaternary nitrogens is 1. The van der Waals surface area contributed by atoms with Crippen LogP contribution in [-0.4, -0.2) is 50.2 Å². The number of carbonyl (C=O) groups excluding carboxylic acids is 1. The minimum absolute atomic E-state index is 0.0120. The number of fused-ring (bicyclic) bond motifs is 1. The molecule has 2 aliphatic rings. The number of hydrogen-bond acceptors (Lipinski definition) is 4. The Kier molecular flexibility index (Phi) is 5.27. The van der Waals surface area contributed by atoms with E-state index in [4.69, 9.17) is 32.7 Å². The van der Waals surface area contributed by atoms with Crippen LogP contribution in [0, 0.1) is 0 Å². The molecular weight excluding hydrogens is 395 g/mol. The molecule has 138 valence electrons. The second-order valence-electron chi connectivity index (χ2n) is 6.41. The fourth-order valence-electron chi connectivity index (χ4n) is 3.31. The number of carbonyl (C=O) groups is 1.